The van der Waals surface area contributed by atoms with Gasteiger partial charge in [-0.15, -0.1) is 11.8 Å². The minimum Gasteiger partial charge on any atom is -0.467 e. The second-order valence-electron chi connectivity index (χ2n) is 4.73. The van der Waals surface area contributed by atoms with Gasteiger partial charge in [0.25, 0.3) is 5.91 Å². The van der Waals surface area contributed by atoms with E-state index in [0.717, 1.165) is 17.7 Å². The third kappa shape index (κ3) is 2.98. The van der Waals surface area contributed by atoms with Crippen molar-refractivity contribution < 1.29 is 14.3 Å². The number of nitrogens with zero attached hydrogens (tertiary/aromatic N) is 1. The van der Waals surface area contributed by atoms with Crippen LogP contribution in [-0.2, 0) is 9.53 Å². The predicted molar refractivity (Wildman–Crippen MR) is 78.9 cm³/mol. The van der Waals surface area contributed by atoms with Gasteiger partial charge >= 0.3 is 5.97 Å². The first-order valence-electron chi connectivity index (χ1n) is 6.71. The zero-order valence-corrected chi connectivity index (χ0v) is 12.6. The molecule has 0 aliphatic carbocycles. The van der Waals surface area contributed by atoms with Crippen LogP contribution in [0.25, 0.3) is 0 Å². The fourth-order valence-corrected chi connectivity index (χ4v) is 3.12. The van der Waals surface area contributed by atoms with Gasteiger partial charge in [0.15, 0.2) is 0 Å². The lowest BCUT2D eigenvalue weighted by Crippen LogP contribution is -2.48. The summed E-state index contributed by atoms with van der Waals surface area (Å²) in [6, 6.07) is 7.06. The Bertz CT molecular complexity index is 504. The molecule has 1 saturated heterocycles. The maximum absolute atomic E-state index is 12.7. The van der Waals surface area contributed by atoms with E-state index in [0.29, 0.717) is 18.5 Å². The Morgan fingerprint density at radius 1 is 1.30 bits per heavy atom. The molecule has 1 aromatic rings. The molecule has 108 valence electrons. The SMILES string of the molecule is COC(=O)C1CCCCN1C(=O)c1ccccc1SC. The highest BCUT2D eigenvalue weighted by atomic mass is 32.2. The lowest BCUT2D eigenvalue weighted by molar-refractivity contribution is -0.147. The van der Waals surface area contributed by atoms with E-state index in [-0.39, 0.29) is 11.9 Å². The Hall–Kier alpha value is -1.49. The number of methoxy groups -OCH3 is 1. The normalized spacial score (nSPS) is 18.7. The predicted octanol–water partition coefficient (Wildman–Crippen LogP) is 2.58. The molecule has 1 aliphatic rings. The maximum Gasteiger partial charge on any atom is 0.328 e. The fourth-order valence-electron chi connectivity index (χ4n) is 2.53. The van der Waals surface area contributed by atoms with Crippen molar-refractivity contribution in [2.24, 2.45) is 0 Å². The summed E-state index contributed by atoms with van der Waals surface area (Å²) in [6.45, 7) is 0.612. The first-order chi connectivity index (χ1) is 9.69. The number of hydrogen-bond acceptors (Lipinski definition) is 4. The van der Waals surface area contributed by atoms with Crippen LogP contribution in [0.15, 0.2) is 29.2 Å². The Morgan fingerprint density at radius 2 is 2.05 bits per heavy atom. The summed E-state index contributed by atoms with van der Waals surface area (Å²) in [5.41, 5.74) is 0.663. The first kappa shape index (κ1) is 14.9. The lowest BCUT2D eigenvalue weighted by Gasteiger charge is -2.34. The summed E-state index contributed by atoms with van der Waals surface area (Å²) in [5, 5.41) is 0. The van der Waals surface area contributed by atoms with Crippen LogP contribution in [-0.4, -0.2) is 42.7 Å². The van der Waals surface area contributed by atoms with Crippen LogP contribution in [0.2, 0.25) is 0 Å². The van der Waals surface area contributed by atoms with Crippen molar-refractivity contribution >= 4 is 23.6 Å². The van der Waals surface area contributed by atoms with E-state index in [1.165, 1.54) is 18.9 Å². The van der Waals surface area contributed by atoms with Crippen LogP contribution < -0.4 is 0 Å². The summed E-state index contributed by atoms with van der Waals surface area (Å²) in [7, 11) is 1.37. The van der Waals surface area contributed by atoms with Crippen molar-refractivity contribution in [2.75, 3.05) is 19.9 Å². The smallest absolute Gasteiger partial charge is 0.328 e. The van der Waals surface area contributed by atoms with Crippen LogP contribution in [0.4, 0.5) is 0 Å². The third-order valence-corrected chi connectivity index (χ3v) is 4.37. The summed E-state index contributed by atoms with van der Waals surface area (Å²) in [4.78, 5) is 27.2. The molecule has 1 aromatic carbocycles. The molecule has 1 fully saturated rings. The van der Waals surface area contributed by atoms with E-state index in [9.17, 15) is 9.59 Å². The molecular weight excluding hydrogens is 274 g/mol. The Labute approximate surface area is 123 Å². The van der Waals surface area contributed by atoms with E-state index >= 15 is 0 Å². The number of esters is 1. The lowest BCUT2D eigenvalue weighted by atomic mass is 10.0. The minimum atomic E-state index is -0.448. The van der Waals surface area contributed by atoms with E-state index in [2.05, 4.69) is 0 Å². The average Bonchev–Trinajstić information content (AvgIpc) is 2.53. The van der Waals surface area contributed by atoms with Gasteiger partial charge in [-0.1, -0.05) is 12.1 Å². The number of carbonyl (C=O) groups is 2. The number of thioether (sulfide) groups is 1. The monoisotopic (exact) mass is 293 g/mol. The number of ether oxygens (including phenoxy) is 1. The number of rotatable bonds is 3. The van der Waals surface area contributed by atoms with Gasteiger partial charge in [-0.2, -0.15) is 0 Å². The van der Waals surface area contributed by atoms with Crippen molar-refractivity contribution in [3.63, 3.8) is 0 Å². The minimum absolute atomic E-state index is 0.0787. The molecule has 0 spiro atoms. The molecule has 0 aromatic heterocycles. The maximum atomic E-state index is 12.7. The quantitative estimate of drug-likeness (QED) is 0.635. The van der Waals surface area contributed by atoms with Crippen molar-refractivity contribution in [1.82, 2.24) is 4.90 Å². The highest BCUT2D eigenvalue weighted by Gasteiger charge is 2.33. The molecule has 1 atom stereocenters. The van der Waals surface area contributed by atoms with E-state index in [1.807, 2.05) is 30.5 Å². The highest BCUT2D eigenvalue weighted by molar-refractivity contribution is 7.98. The molecule has 1 unspecified atom stereocenters. The van der Waals surface area contributed by atoms with Crippen LogP contribution in [0.1, 0.15) is 29.6 Å². The number of piperidine rings is 1. The van der Waals surface area contributed by atoms with Gasteiger partial charge in [0, 0.05) is 11.4 Å². The van der Waals surface area contributed by atoms with Crippen molar-refractivity contribution in [3.05, 3.63) is 29.8 Å². The third-order valence-electron chi connectivity index (χ3n) is 3.57. The molecule has 2 rings (SSSR count). The van der Waals surface area contributed by atoms with Crippen LogP contribution in [0.5, 0.6) is 0 Å². The zero-order valence-electron chi connectivity index (χ0n) is 11.8. The van der Waals surface area contributed by atoms with Gasteiger partial charge in [0.1, 0.15) is 6.04 Å². The number of benzene rings is 1. The molecule has 1 aliphatic heterocycles. The zero-order chi connectivity index (χ0) is 14.5. The number of hydrogen-bond donors (Lipinski definition) is 0. The second-order valence-corrected chi connectivity index (χ2v) is 5.58. The van der Waals surface area contributed by atoms with Gasteiger partial charge in [-0.3, -0.25) is 4.79 Å². The molecule has 1 heterocycles. The molecule has 20 heavy (non-hydrogen) atoms. The average molecular weight is 293 g/mol. The summed E-state index contributed by atoms with van der Waals surface area (Å²) < 4.78 is 4.82. The van der Waals surface area contributed by atoms with Gasteiger partial charge < -0.3 is 9.64 Å². The summed E-state index contributed by atoms with van der Waals surface area (Å²) >= 11 is 1.54. The topological polar surface area (TPSA) is 46.6 Å². The van der Waals surface area contributed by atoms with Crippen molar-refractivity contribution in [1.29, 1.82) is 0 Å². The summed E-state index contributed by atoms with van der Waals surface area (Å²) in [5.74, 6) is -0.398. The Balaban J connectivity index is 2.27. The molecule has 0 bridgehead atoms. The van der Waals surface area contributed by atoms with E-state index < -0.39 is 6.04 Å². The standard InChI is InChI=1S/C15H19NO3S/c1-19-15(18)12-8-5-6-10-16(12)14(17)11-7-3-4-9-13(11)20-2/h3-4,7,9,12H,5-6,8,10H2,1-2H3. The van der Waals surface area contributed by atoms with Crippen molar-refractivity contribution in [2.45, 2.75) is 30.2 Å². The van der Waals surface area contributed by atoms with Gasteiger partial charge in [-0.25, -0.2) is 4.79 Å². The van der Waals surface area contributed by atoms with Crippen molar-refractivity contribution in [3.8, 4) is 0 Å². The van der Waals surface area contributed by atoms with Crippen LogP contribution in [0, 0.1) is 0 Å². The van der Waals surface area contributed by atoms with E-state index in [1.54, 1.807) is 4.90 Å². The van der Waals surface area contributed by atoms with Gasteiger partial charge in [0.2, 0.25) is 0 Å². The molecule has 0 N–H and O–H groups in total. The number of likely N-dealkylation sites (tertiary alicyclic amines) is 1. The highest BCUT2D eigenvalue weighted by Crippen LogP contribution is 2.25. The van der Waals surface area contributed by atoms with Crippen LogP contribution in [0.3, 0.4) is 0 Å². The molecule has 0 saturated carbocycles. The molecular formula is C15H19NO3S. The fraction of sp³-hybridized carbons (Fsp3) is 0.467. The molecule has 4 nitrogen and oxygen atoms in total. The van der Waals surface area contributed by atoms with Gasteiger partial charge in [-0.05, 0) is 37.7 Å². The largest absolute Gasteiger partial charge is 0.467 e. The van der Waals surface area contributed by atoms with E-state index in [4.69, 9.17) is 4.74 Å². The van der Waals surface area contributed by atoms with Crippen LogP contribution >= 0.6 is 11.8 Å². The Kier molecular flexibility index (Phi) is 5.06. The molecule has 5 heteroatoms. The molecule has 0 radical (unpaired) electrons. The Morgan fingerprint density at radius 3 is 2.75 bits per heavy atom. The first-order valence-corrected chi connectivity index (χ1v) is 7.93. The summed E-state index contributed by atoms with van der Waals surface area (Å²) in [6.07, 6.45) is 4.51. The number of carbonyl (C=O) groups excluding carboxylic acids is 2. The number of amides is 1. The molecule has 1 amide bonds. The second kappa shape index (κ2) is 6.79. The van der Waals surface area contributed by atoms with Gasteiger partial charge in [0.05, 0.1) is 12.7 Å².